The summed E-state index contributed by atoms with van der Waals surface area (Å²) < 4.78 is 11.2. The first-order valence-corrected chi connectivity index (χ1v) is 10.8. The molecule has 0 bridgehead atoms. The molecule has 0 spiro atoms. The molecule has 0 saturated heterocycles. The zero-order chi connectivity index (χ0) is 22.4. The fraction of sp³-hybridized carbons (Fsp3) is 0.440. The third-order valence-corrected chi connectivity index (χ3v) is 5.10. The Labute approximate surface area is 184 Å². The topological polar surface area (TPSA) is 67.9 Å². The average Bonchev–Trinajstić information content (AvgIpc) is 2.74. The van der Waals surface area contributed by atoms with E-state index in [1.54, 1.807) is 11.8 Å². The van der Waals surface area contributed by atoms with Crippen LogP contribution >= 0.6 is 0 Å². The van der Waals surface area contributed by atoms with E-state index in [0.717, 1.165) is 22.6 Å². The Kier molecular flexibility index (Phi) is 7.21. The summed E-state index contributed by atoms with van der Waals surface area (Å²) in [4.78, 5) is 27.7. The smallest absolute Gasteiger partial charge is 0.242 e. The zero-order valence-corrected chi connectivity index (χ0v) is 18.8. The Bertz CT molecular complexity index is 905. The van der Waals surface area contributed by atoms with Crippen molar-refractivity contribution in [1.82, 2.24) is 10.2 Å². The van der Waals surface area contributed by atoms with Gasteiger partial charge in [0.25, 0.3) is 0 Å². The minimum absolute atomic E-state index is 0.0599. The van der Waals surface area contributed by atoms with Gasteiger partial charge in [-0.05, 0) is 57.4 Å². The molecule has 0 fully saturated rings. The highest BCUT2D eigenvalue weighted by atomic mass is 16.6. The van der Waals surface area contributed by atoms with Gasteiger partial charge in [0.1, 0.15) is 19.3 Å². The zero-order valence-electron chi connectivity index (χ0n) is 18.8. The lowest BCUT2D eigenvalue weighted by Gasteiger charge is -2.31. The van der Waals surface area contributed by atoms with Crippen molar-refractivity contribution in [2.75, 3.05) is 13.2 Å². The molecule has 0 aliphatic carbocycles. The number of carbonyl (C=O) groups is 2. The molecule has 1 aliphatic heterocycles. The van der Waals surface area contributed by atoms with Crippen LogP contribution in [0.25, 0.3) is 0 Å². The molecule has 3 rings (SSSR count). The third kappa shape index (κ3) is 6.48. The molecule has 6 heteroatoms. The van der Waals surface area contributed by atoms with Crippen molar-refractivity contribution in [2.45, 2.75) is 58.7 Å². The van der Waals surface area contributed by atoms with Gasteiger partial charge in [-0.25, -0.2) is 0 Å². The minimum atomic E-state index is -0.577. The van der Waals surface area contributed by atoms with E-state index in [4.69, 9.17) is 9.47 Å². The van der Waals surface area contributed by atoms with Crippen LogP contribution in [-0.2, 0) is 22.6 Å². The number of carbonyl (C=O) groups excluding carboxylic acids is 2. The Morgan fingerprint density at radius 1 is 1.00 bits per heavy atom. The van der Waals surface area contributed by atoms with Gasteiger partial charge in [-0.3, -0.25) is 9.59 Å². The molecule has 1 heterocycles. The minimum Gasteiger partial charge on any atom is -0.486 e. The number of ether oxygens (including phenoxy) is 2. The Morgan fingerprint density at radius 3 is 2.35 bits per heavy atom. The van der Waals surface area contributed by atoms with E-state index in [9.17, 15) is 9.59 Å². The van der Waals surface area contributed by atoms with Gasteiger partial charge in [0.15, 0.2) is 11.5 Å². The lowest BCUT2D eigenvalue weighted by Crippen LogP contribution is -2.52. The number of amides is 2. The molecule has 0 radical (unpaired) electrons. The molecule has 1 aliphatic rings. The van der Waals surface area contributed by atoms with Crippen molar-refractivity contribution in [2.24, 2.45) is 0 Å². The van der Waals surface area contributed by atoms with Gasteiger partial charge >= 0.3 is 0 Å². The first-order chi connectivity index (χ1) is 14.7. The molecule has 6 nitrogen and oxygen atoms in total. The summed E-state index contributed by atoms with van der Waals surface area (Å²) in [5, 5.41) is 2.98. The van der Waals surface area contributed by atoms with Crippen LogP contribution in [0.2, 0.25) is 0 Å². The second kappa shape index (κ2) is 9.86. The molecule has 2 aromatic rings. The molecule has 166 valence electrons. The van der Waals surface area contributed by atoms with Gasteiger partial charge in [-0.1, -0.05) is 36.4 Å². The number of hydrogen-bond donors (Lipinski definition) is 1. The summed E-state index contributed by atoms with van der Waals surface area (Å²) in [5.41, 5.74) is 1.63. The monoisotopic (exact) mass is 424 g/mol. The molecule has 1 atom stereocenters. The lowest BCUT2D eigenvalue weighted by atomic mass is 10.1. The second-order valence-corrected chi connectivity index (χ2v) is 8.90. The first-order valence-electron chi connectivity index (χ1n) is 10.8. The van der Waals surface area contributed by atoms with Crippen molar-refractivity contribution >= 4 is 11.8 Å². The van der Waals surface area contributed by atoms with Crippen LogP contribution in [0.4, 0.5) is 0 Å². The fourth-order valence-corrected chi connectivity index (χ4v) is 3.47. The van der Waals surface area contributed by atoms with Crippen LogP contribution in [0, 0.1) is 0 Å². The molecule has 31 heavy (non-hydrogen) atoms. The van der Waals surface area contributed by atoms with Crippen molar-refractivity contribution < 1.29 is 19.1 Å². The van der Waals surface area contributed by atoms with Gasteiger partial charge in [0.05, 0.1) is 0 Å². The van der Waals surface area contributed by atoms with Crippen molar-refractivity contribution in [3.05, 3.63) is 59.7 Å². The Morgan fingerprint density at radius 2 is 1.68 bits per heavy atom. The summed E-state index contributed by atoms with van der Waals surface area (Å²) in [6.45, 7) is 9.05. The standard InChI is InChI=1S/C25H32N2O4/c1-18(24(29)26-25(2,3)4)27(17-20-8-6-5-7-9-20)23(28)13-11-19-10-12-21-22(16-19)31-15-14-30-21/h5-10,12,16,18H,11,13-15,17H2,1-4H3,(H,26,29). The second-order valence-electron chi connectivity index (χ2n) is 8.90. The summed E-state index contributed by atoms with van der Waals surface area (Å²) >= 11 is 0. The van der Waals surface area contributed by atoms with E-state index < -0.39 is 6.04 Å². The summed E-state index contributed by atoms with van der Waals surface area (Å²) in [6.07, 6.45) is 0.869. The number of nitrogens with one attached hydrogen (secondary N) is 1. The fourth-order valence-electron chi connectivity index (χ4n) is 3.47. The highest BCUT2D eigenvalue weighted by molar-refractivity contribution is 5.87. The maximum Gasteiger partial charge on any atom is 0.242 e. The van der Waals surface area contributed by atoms with Crippen LogP contribution < -0.4 is 14.8 Å². The van der Waals surface area contributed by atoms with Crippen molar-refractivity contribution in [1.29, 1.82) is 0 Å². The van der Waals surface area contributed by atoms with Crippen LogP contribution in [0.5, 0.6) is 11.5 Å². The normalized spacial score (nSPS) is 13.9. The van der Waals surface area contributed by atoms with E-state index in [-0.39, 0.29) is 17.4 Å². The number of fused-ring (bicyclic) bond motifs is 1. The molecule has 1 N–H and O–H groups in total. The number of hydrogen-bond acceptors (Lipinski definition) is 4. The molecule has 2 amide bonds. The van der Waals surface area contributed by atoms with E-state index in [1.807, 2.05) is 69.3 Å². The molecule has 0 saturated carbocycles. The number of benzene rings is 2. The molecule has 0 aromatic heterocycles. The maximum absolute atomic E-state index is 13.2. The Balaban J connectivity index is 1.71. The largest absolute Gasteiger partial charge is 0.486 e. The Hall–Kier alpha value is -3.02. The highest BCUT2D eigenvalue weighted by Crippen LogP contribution is 2.31. The van der Waals surface area contributed by atoms with Gasteiger partial charge in [-0.2, -0.15) is 0 Å². The van der Waals surface area contributed by atoms with Crippen LogP contribution in [-0.4, -0.2) is 41.5 Å². The maximum atomic E-state index is 13.2. The van der Waals surface area contributed by atoms with Gasteiger partial charge in [0.2, 0.25) is 11.8 Å². The van der Waals surface area contributed by atoms with Crippen molar-refractivity contribution in [3.63, 3.8) is 0 Å². The van der Waals surface area contributed by atoms with Crippen LogP contribution in [0.15, 0.2) is 48.5 Å². The van der Waals surface area contributed by atoms with Crippen molar-refractivity contribution in [3.8, 4) is 11.5 Å². The number of nitrogens with zero attached hydrogens (tertiary/aromatic N) is 1. The van der Waals surface area contributed by atoms with Crippen LogP contribution in [0.1, 0.15) is 45.2 Å². The molecular weight excluding hydrogens is 392 g/mol. The highest BCUT2D eigenvalue weighted by Gasteiger charge is 2.28. The summed E-state index contributed by atoms with van der Waals surface area (Å²) in [5.74, 6) is 1.24. The average molecular weight is 425 g/mol. The van der Waals surface area contributed by atoms with E-state index >= 15 is 0 Å². The molecule has 1 unspecified atom stereocenters. The number of rotatable bonds is 7. The predicted molar refractivity (Wildman–Crippen MR) is 120 cm³/mol. The molecule has 2 aromatic carbocycles. The first kappa shape index (κ1) is 22.7. The van der Waals surface area contributed by atoms with E-state index in [1.165, 1.54) is 0 Å². The predicted octanol–water partition coefficient (Wildman–Crippen LogP) is 3.72. The van der Waals surface area contributed by atoms with Gasteiger partial charge in [-0.15, -0.1) is 0 Å². The third-order valence-electron chi connectivity index (χ3n) is 5.10. The SMILES string of the molecule is CC(C(=O)NC(C)(C)C)N(Cc1ccccc1)C(=O)CCc1ccc2c(c1)OCCO2. The van der Waals surface area contributed by atoms with E-state index in [2.05, 4.69) is 5.32 Å². The molecular formula is C25H32N2O4. The lowest BCUT2D eigenvalue weighted by molar-refractivity contribution is -0.141. The van der Waals surface area contributed by atoms with Gasteiger partial charge < -0.3 is 19.7 Å². The number of aryl methyl sites for hydroxylation is 1. The van der Waals surface area contributed by atoms with E-state index in [0.29, 0.717) is 32.6 Å². The summed E-state index contributed by atoms with van der Waals surface area (Å²) in [7, 11) is 0. The summed E-state index contributed by atoms with van der Waals surface area (Å²) in [6, 6.07) is 14.9. The quantitative estimate of drug-likeness (QED) is 0.736. The van der Waals surface area contributed by atoms with Gasteiger partial charge in [0, 0.05) is 18.5 Å². The van der Waals surface area contributed by atoms with Crippen LogP contribution in [0.3, 0.4) is 0 Å².